The molecular weight excluding hydrogens is 649 g/mol. The molecule has 0 radical (unpaired) electrons. The van der Waals surface area contributed by atoms with Crippen LogP contribution in [0.4, 0.5) is 0 Å². The third kappa shape index (κ3) is 12.1. The van der Waals surface area contributed by atoms with Crippen LogP contribution in [-0.2, 0) is 40.8 Å². The van der Waals surface area contributed by atoms with Crippen LogP contribution in [-0.4, -0.2) is 56.8 Å². The van der Waals surface area contributed by atoms with E-state index in [1.165, 1.54) is 25.3 Å². The molecule has 0 aliphatic heterocycles. The van der Waals surface area contributed by atoms with E-state index in [1.807, 2.05) is 44.2 Å². The number of unbranched alkanes of at least 4 members (excludes halogenated alkanes) is 3. The van der Waals surface area contributed by atoms with Crippen molar-refractivity contribution in [2.75, 3.05) is 27.5 Å². The molecule has 0 spiro atoms. The number of rotatable bonds is 23. The summed E-state index contributed by atoms with van der Waals surface area (Å²) in [5, 5.41) is 6.75. The largest absolute Gasteiger partial charge is 0.494 e. The van der Waals surface area contributed by atoms with Crippen LogP contribution in [0.5, 0.6) is 5.75 Å². The number of nitrogens with one attached hydrogen (secondary N) is 2. The first-order valence-electron chi connectivity index (χ1n) is 16.7. The average Bonchev–Trinajstić information content (AvgIpc) is 3.62. The molecule has 0 unspecified atom stereocenters. The Bertz CT molecular complexity index is 1510. The van der Waals surface area contributed by atoms with E-state index < -0.39 is 25.5 Å². The highest BCUT2D eigenvalue weighted by Gasteiger charge is 2.32. The van der Waals surface area contributed by atoms with Gasteiger partial charge in [-0.2, -0.15) is 0 Å². The van der Waals surface area contributed by atoms with Crippen LogP contribution < -0.4 is 15.4 Å². The summed E-state index contributed by atoms with van der Waals surface area (Å²) in [6.07, 6.45) is 5.59. The predicted octanol–water partition coefficient (Wildman–Crippen LogP) is 7.09. The van der Waals surface area contributed by atoms with Crippen molar-refractivity contribution in [3.05, 3.63) is 77.6 Å². The number of furan rings is 1. The first kappa shape index (κ1) is 39.5. The maximum absolute atomic E-state index is 13.5. The molecule has 3 aromatic rings. The van der Waals surface area contributed by atoms with Gasteiger partial charge in [0.05, 0.1) is 31.4 Å². The number of carbonyl (C=O) groups excluding carboxylic acids is 3. The Labute approximate surface area is 289 Å². The van der Waals surface area contributed by atoms with Gasteiger partial charge in [-0.3, -0.25) is 23.8 Å². The van der Waals surface area contributed by atoms with Gasteiger partial charge < -0.3 is 28.8 Å². The van der Waals surface area contributed by atoms with E-state index in [0.29, 0.717) is 48.5 Å². The van der Waals surface area contributed by atoms with E-state index in [2.05, 4.69) is 17.6 Å². The zero-order valence-electron chi connectivity index (χ0n) is 29.1. The van der Waals surface area contributed by atoms with Crippen molar-refractivity contribution >= 4 is 25.8 Å². The third-order valence-electron chi connectivity index (χ3n) is 8.08. The van der Waals surface area contributed by atoms with Crippen molar-refractivity contribution in [1.82, 2.24) is 15.7 Å². The summed E-state index contributed by atoms with van der Waals surface area (Å²) in [5.41, 5.74) is 2.16. The van der Waals surface area contributed by atoms with Gasteiger partial charge in [0.1, 0.15) is 18.1 Å². The molecule has 1 heterocycles. The van der Waals surface area contributed by atoms with Crippen molar-refractivity contribution in [3.63, 3.8) is 0 Å². The van der Waals surface area contributed by atoms with E-state index in [4.69, 9.17) is 23.0 Å². The van der Waals surface area contributed by atoms with Crippen LogP contribution in [0.2, 0.25) is 0 Å². The van der Waals surface area contributed by atoms with Crippen molar-refractivity contribution in [3.8, 4) is 17.1 Å². The Morgan fingerprint density at radius 2 is 1.69 bits per heavy atom. The Hall–Kier alpha value is -3.96. The van der Waals surface area contributed by atoms with Gasteiger partial charge >= 0.3 is 7.60 Å². The van der Waals surface area contributed by atoms with Crippen LogP contribution in [0.25, 0.3) is 11.3 Å². The predicted molar refractivity (Wildman–Crippen MR) is 187 cm³/mol. The van der Waals surface area contributed by atoms with Crippen molar-refractivity contribution in [2.24, 2.45) is 5.92 Å². The lowest BCUT2D eigenvalue weighted by Gasteiger charge is -2.32. The average molecular weight is 700 g/mol. The number of hydroxylamine groups is 2. The Morgan fingerprint density at radius 3 is 2.35 bits per heavy atom. The van der Waals surface area contributed by atoms with Gasteiger partial charge in [0.2, 0.25) is 12.3 Å². The maximum Gasteiger partial charge on any atom is 0.334 e. The number of benzene rings is 2. The third-order valence-corrected chi connectivity index (χ3v) is 9.94. The van der Waals surface area contributed by atoms with Gasteiger partial charge in [0.15, 0.2) is 5.76 Å². The first-order chi connectivity index (χ1) is 23.7. The summed E-state index contributed by atoms with van der Waals surface area (Å²) in [5.74, 6) is -0.396. The van der Waals surface area contributed by atoms with E-state index in [9.17, 15) is 18.9 Å². The molecule has 0 bridgehead atoms. The molecule has 0 aliphatic rings. The Morgan fingerprint density at radius 1 is 0.939 bits per heavy atom. The quantitative estimate of drug-likeness (QED) is 0.0348. The lowest BCUT2D eigenvalue weighted by Crippen LogP contribution is -2.48. The van der Waals surface area contributed by atoms with Crippen LogP contribution >= 0.6 is 7.60 Å². The highest BCUT2D eigenvalue weighted by molar-refractivity contribution is 7.52. The minimum absolute atomic E-state index is 0.0178. The van der Waals surface area contributed by atoms with E-state index >= 15 is 0 Å². The highest BCUT2D eigenvalue weighted by atomic mass is 31.2. The summed E-state index contributed by atoms with van der Waals surface area (Å²) in [7, 11) is -0.690. The van der Waals surface area contributed by atoms with E-state index in [1.54, 1.807) is 24.3 Å². The molecule has 0 saturated heterocycles. The fourth-order valence-electron chi connectivity index (χ4n) is 5.48. The number of carbonyl (C=O) groups is 3. The molecule has 2 atom stereocenters. The molecule has 1 aromatic heterocycles. The zero-order chi connectivity index (χ0) is 35.6. The van der Waals surface area contributed by atoms with Crippen LogP contribution in [0.3, 0.4) is 0 Å². The Balaban J connectivity index is 1.68. The van der Waals surface area contributed by atoms with Crippen molar-refractivity contribution in [2.45, 2.75) is 78.1 Å². The van der Waals surface area contributed by atoms with Crippen LogP contribution in [0.15, 0.2) is 65.1 Å². The van der Waals surface area contributed by atoms with Gasteiger partial charge in [0, 0.05) is 19.8 Å². The SMILES string of the molecule is CCCCCC[C@@H](C(=O)NCNC(=O)c1ccc(-c2cc(CP(=O)(OC)OC)cc(OCC)c2)o1)[C@@H](CC)N(C=O)OCc1ccccc1. The molecule has 0 fully saturated rings. The minimum Gasteiger partial charge on any atom is -0.494 e. The zero-order valence-corrected chi connectivity index (χ0v) is 30.0. The van der Waals surface area contributed by atoms with Gasteiger partial charge in [-0.15, -0.1) is 0 Å². The number of hydrogen-bond donors (Lipinski definition) is 2. The fraction of sp³-hybridized carbons (Fsp3) is 0.472. The second-order valence-corrected chi connectivity index (χ2v) is 13.7. The number of nitrogens with zero attached hydrogens (tertiary/aromatic N) is 1. The minimum atomic E-state index is -3.35. The molecule has 49 heavy (non-hydrogen) atoms. The van der Waals surface area contributed by atoms with Gasteiger partial charge in [0.25, 0.3) is 5.91 Å². The second-order valence-electron chi connectivity index (χ2n) is 11.5. The molecular formula is C36H50N3O9P. The topological polar surface area (TPSA) is 146 Å². The van der Waals surface area contributed by atoms with E-state index in [-0.39, 0.29) is 31.1 Å². The molecule has 2 aromatic carbocycles. The molecule has 3 rings (SSSR count). The normalized spacial score (nSPS) is 12.6. The second kappa shape index (κ2) is 20.5. The number of hydrogen-bond acceptors (Lipinski definition) is 9. The van der Waals surface area contributed by atoms with Gasteiger partial charge in [-0.05, 0) is 61.2 Å². The lowest BCUT2D eigenvalue weighted by atomic mass is 9.90. The number of ether oxygens (including phenoxy) is 1. The molecule has 3 amide bonds. The Kier molecular flexibility index (Phi) is 16.5. The molecule has 2 N–H and O–H groups in total. The van der Waals surface area contributed by atoms with Gasteiger partial charge in [-0.1, -0.05) is 69.9 Å². The van der Waals surface area contributed by atoms with Crippen molar-refractivity contribution in [1.29, 1.82) is 0 Å². The van der Waals surface area contributed by atoms with Crippen LogP contribution in [0.1, 0.15) is 81.0 Å². The van der Waals surface area contributed by atoms with Crippen molar-refractivity contribution < 1.29 is 42.0 Å². The summed E-state index contributed by atoms with van der Waals surface area (Å²) >= 11 is 0. The van der Waals surface area contributed by atoms with E-state index in [0.717, 1.165) is 31.2 Å². The van der Waals surface area contributed by atoms with Gasteiger partial charge in [-0.25, -0.2) is 5.06 Å². The molecule has 12 nitrogen and oxygen atoms in total. The molecule has 0 saturated carbocycles. The van der Waals surface area contributed by atoms with Crippen LogP contribution in [0, 0.1) is 5.92 Å². The lowest BCUT2D eigenvalue weighted by molar-refractivity contribution is -0.200. The fourth-order valence-corrected chi connectivity index (χ4v) is 6.51. The monoisotopic (exact) mass is 699 g/mol. The maximum atomic E-state index is 13.5. The number of amides is 3. The standard InChI is InChI=1S/C36H50N3O9P/c1-6-9-10-14-17-31(32(7-2)39(26-40)47-23-27-15-12-11-13-16-27)35(41)37-25-38-36(42)34-19-18-33(48-34)29-20-28(21-30(22-29)46-8-3)24-49(43,44-4)45-5/h11-13,15-16,18-22,26,31-32H,6-10,14,17,23-25H2,1-5H3,(H,37,41)(H,38,42)/t31-,32-/m1/s1. The molecule has 0 aliphatic carbocycles. The summed E-state index contributed by atoms with van der Waals surface area (Å²) in [6, 6.07) is 17.5. The highest BCUT2D eigenvalue weighted by Crippen LogP contribution is 2.50. The molecule has 13 heteroatoms. The summed E-state index contributed by atoms with van der Waals surface area (Å²) in [4.78, 5) is 44.5. The smallest absolute Gasteiger partial charge is 0.334 e. The summed E-state index contributed by atoms with van der Waals surface area (Å²) < 4.78 is 34.5. The molecule has 268 valence electrons. The first-order valence-corrected chi connectivity index (χ1v) is 18.5. The summed E-state index contributed by atoms with van der Waals surface area (Å²) in [6.45, 7) is 6.35.